The fraction of sp³-hybridized carbons (Fsp3) is 0.389. The summed E-state index contributed by atoms with van der Waals surface area (Å²) < 4.78 is 0. The number of anilines is 2. The number of benzene rings is 1. The first-order valence-corrected chi connectivity index (χ1v) is 10.2. The third-order valence-corrected chi connectivity index (χ3v) is 6.77. The summed E-state index contributed by atoms with van der Waals surface area (Å²) >= 11 is 3.02. The van der Waals surface area contributed by atoms with E-state index in [1.165, 1.54) is 35.9 Å². The van der Waals surface area contributed by atoms with Gasteiger partial charge in [0.05, 0.1) is 16.6 Å². The van der Waals surface area contributed by atoms with Gasteiger partial charge < -0.3 is 10.6 Å². The van der Waals surface area contributed by atoms with Crippen LogP contribution in [-0.4, -0.2) is 22.0 Å². The molecule has 0 bridgehead atoms. The average molecular weight is 374 g/mol. The quantitative estimate of drug-likeness (QED) is 0.802. The molecule has 2 N–H and O–H groups in total. The van der Waals surface area contributed by atoms with Crippen molar-refractivity contribution < 1.29 is 9.59 Å². The van der Waals surface area contributed by atoms with E-state index in [4.69, 9.17) is 0 Å². The van der Waals surface area contributed by atoms with Crippen molar-refractivity contribution in [3.63, 3.8) is 0 Å². The van der Waals surface area contributed by atoms with E-state index in [9.17, 15) is 9.59 Å². The zero-order valence-corrected chi connectivity index (χ0v) is 15.3. The van der Waals surface area contributed by atoms with E-state index in [0.29, 0.717) is 5.13 Å². The van der Waals surface area contributed by atoms with Gasteiger partial charge in [0.2, 0.25) is 11.8 Å². The van der Waals surface area contributed by atoms with Crippen molar-refractivity contribution in [2.45, 2.75) is 48.7 Å². The fourth-order valence-corrected chi connectivity index (χ4v) is 5.32. The smallest absolute Gasteiger partial charge is 0.238 e. The Balaban J connectivity index is 1.40. The van der Waals surface area contributed by atoms with Crippen molar-refractivity contribution in [2.24, 2.45) is 0 Å². The summed E-state index contributed by atoms with van der Waals surface area (Å²) in [5.41, 5.74) is 1.95. The van der Waals surface area contributed by atoms with Gasteiger partial charge in [-0.25, -0.2) is 4.98 Å². The number of amides is 2. The van der Waals surface area contributed by atoms with Crippen molar-refractivity contribution in [1.82, 2.24) is 4.98 Å². The van der Waals surface area contributed by atoms with Gasteiger partial charge in [-0.2, -0.15) is 0 Å². The Hall–Kier alpha value is -1.86. The van der Waals surface area contributed by atoms with Gasteiger partial charge in [0.1, 0.15) is 0 Å². The first-order chi connectivity index (χ1) is 12.2. The molecule has 130 valence electrons. The number of nitrogens with one attached hydrogen (secondary N) is 2. The van der Waals surface area contributed by atoms with Crippen molar-refractivity contribution in [2.75, 3.05) is 10.6 Å². The van der Waals surface area contributed by atoms with Crippen LogP contribution in [0.15, 0.2) is 29.2 Å². The minimum Gasteiger partial charge on any atom is -0.324 e. The number of carbonyl (C=O) groups is 2. The van der Waals surface area contributed by atoms with Crippen LogP contribution in [0.3, 0.4) is 0 Å². The molecular weight excluding hydrogens is 354 g/mol. The molecule has 1 aliphatic carbocycles. The number of hydrogen-bond acceptors (Lipinski definition) is 5. The molecule has 0 radical (unpaired) electrons. The van der Waals surface area contributed by atoms with Crippen LogP contribution < -0.4 is 10.6 Å². The number of para-hydroxylation sites is 1. The first-order valence-electron chi connectivity index (χ1n) is 8.54. The second-order valence-corrected chi connectivity index (χ2v) is 8.62. The molecule has 0 fully saturated rings. The van der Waals surface area contributed by atoms with Crippen molar-refractivity contribution >= 4 is 45.7 Å². The van der Waals surface area contributed by atoms with Crippen molar-refractivity contribution in [1.29, 1.82) is 0 Å². The van der Waals surface area contributed by atoms with E-state index in [1.807, 2.05) is 24.3 Å². The average Bonchev–Trinajstić information content (AvgIpc) is 2.83. The summed E-state index contributed by atoms with van der Waals surface area (Å²) in [6, 6.07) is 7.66. The maximum atomic E-state index is 12.4. The Labute approximate surface area is 154 Å². The molecule has 25 heavy (non-hydrogen) atoms. The fourth-order valence-electron chi connectivity index (χ4n) is 3.15. The van der Waals surface area contributed by atoms with Gasteiger partial charge in [-0.15, -0.1) is 23.1 Å². The number of aromatic nitrogens is 1. The first kappa shape index (κ1) is 16.6. The molecule has 0 unspecified atom stereocenters. The molecule has 7 heteroatoms. The molecule has 1 aromatic carbocycles. The zero-order chi connectivity index (χ0) is 17.2. The molecule has 2 amide bonds. The number of rotatable bonds is 3. The Morgan fingerprint density at radius 2 is 2.08 bits per heavy atom. The molecule has 4 rings (SSSR count). The molecule has 5 nitrogen and oxygen atoms in total. The number of aryl methyl sites for hydroxylation is 2. The lowest BCUT2D eigenvalue weighted by Gasteiger charge is -2.23. The molecular formula is C18H19N3O2S2. The van der Waals surface area contributed by atoms with Gasteiger partial charge in [-0.1, -0.05) is 18.6 Å². The van der Waals surface area contributed by atoms with E-state index in [-0.39, 0.29) is 18.2 Å². The van der Waals surface area contributed by atoms with E-state index < -0.39 is 5.25 Å². The topological polar surface area (TPSA) is 71.1 Å². The normalized spacial score (nSPS) is 19.4. The molecule has 1 aliphatic heterocycles. The van der Waals surface area contributed by atoms with Crippen molar-refractivity contribution in [3.8, 4) is 0 Å². The second-order valence-electron chi connectivity index (χ2n) is 6.29. The number of hydrogen-bond donors (Lipinski definition) is 2. The predicted molar refractivity (Wildman–Crippen MR) is 101 cm³/mol. The summed E-state index contributed by atoms with van der Waals surface area (Å²) in [7, 11) is 0. The lowest BCUT2D eigenvalue weighted by Crippen LogP contribution is -2.32. The van der Waals surface area contributed by atoms with Crippen LogP contribution in [0.4, 0.5) is 10.8 Å². The van der Waals surface area contributed by atoms with Crippen LogP contribution in [0, 0.1) is 0 Å². The Morgan fingerprint density at radius 1 is 1.24 bits per heavy atom. The highest BCUT2D eigenvalue weighted by Gasteiger charge is 2.29. The minimum atomic E-state index is -0.410. The van der Waals surface area contributed by atoms with Crippen molar-refractivity contribution in [3.05, 3.63) is 34.8 Å². The molecule has 0 spiro atoms. The second kappa shape index (κ2) is 7.17. The lowest BCUT2D eigenvalue weighted by molar-refractivity contribution is -0.120. The lowest BCUT2D eigenvalue weighted by atomic mass is 10.2. The largest absolute Gasteiger partial charge is 0.324 e. The summed E-state index contributed by atoms with van der Waals surface area (Å²) in [4.78, 5) is 31.5. The highest BCUT2D eigenvalue weighted by atomic mass is 32.2. The maximum absolute atomic E-state index is 12.4. The molecule has 2 aromatic rings. The number of nitrogens with zero attached hydrogens (tertiary/aromatic N) is 1. The highest BCUT2D eigenvalue weighted by Crippen LogP contribution is 2.37. The molecule has 1 atom stereocenters. The van der Waals surface area contributed by atoms with Crippen LogP contribution in [-0.2, 0) is 22.4 Å². The Morgan fingerprint density at radius 3 is 3.00 bits per heavy atom. The zero-order valence-electron chi connectivity index (χ0n) is 13.7. The SMILES string of the molecule is O=C(C[C@@H]1Sc2ccccc2NC1=O)Nc1nc2c(s1)CCCCC2. The van der Waals surface area contributed by atoms with E-state index in [2.05, 4.69) is 15.6 Å². The third-order valence-electron chi connectivity index (χ3n) is 4.42. The van der Waals surface area contributed by atoms with E-state index in [0.717, 1.165) is 29.1 Å². The monoisotopic (exact) mass is 373 g/mol. The van der Waals surface area contributed by atoms with Crippen LogP contribution in [0.5, 0.6) is 0 Å². The van der Waals surface area contributed by atoms with Gasteiger partial charge in [0.15, 0.2) is 5.13 Å². The standard InChI is InChI=1S/C18H19N3O2S2/c22-16(21-18-20-12-6-2-1-3-8-14(12)25-18)10-15-17(23)19-11-7-4-5-9-13(11)24-15/h4-5,7,9,15H,1-3,6,8,10H2,(H,19,23)(H,20,21,22)/t15-/m0/s1. The Kier molecular flexibility index (Phi) is 4.76. The molecule has 2 aliphatic rings. The Bertz CT molecular complexity index is 795. The number of fused-ring (bicyclic) bond motifs is 2. The summed E-state index contributed by atoms with van der Waals surface area (Å²) in [5, 5.41) is 6.02. The van der Waals surface area contributed by atoms with E-state index >= 15 is 0 Å². The van der Waals surface area contributed by atoms with E-state index in [1.54, 1.807) is 11.3 Å². The maximum Gasteiger partial charge on any atom is 0.238 e. The number of carbonyl (C=O) groups excluding carboxylic acids is 2. The van der Waals surface area contributed by atoms with Gasteiger partial charge in [0, 0.05) is 16.2 Å². The summed E-state index contributed by atoms with van der Waals surface area (Å²) in [5.74, 6) is -0.273. The van der Waals surface area contributed by atoms with Crippen LogP contribution >= 0.6 is 23.1 Å². The van der Waals surface area contributed by atoms with Crippen LogP contribution in [0.25, 0.3) is 0 Å². The highest BCUT2D eigenvalue weighted by molar-refractivity contribution is 8.01. The summed E-state index contributed by atoms with van der Waals surface area (Å²) in [6.07, 6.45) is 5.82. The molecule has 0 saturated carbocycles. The number of thioether (sulfide) groups is 1. The predicted octanol–water partition coefficient (Wildman–Crippen LogP) is 3.85. The minimum absolute atomic E-state index is 0.117. The molecule has 2 heterocycles. The van der Waals surface area contributed by atoms with Crippen LogP contribution in [0.1, 0.15) is 36.3 Å². The van der Waals surface area contributed by atoms with Crippen LogP contribution in [0.2, 0.25) is 0 Å². The van der Waals surface area contributed by atoms with Gasteiger partial charge >= 0.3 is 0 Å². The van der Waals surface area contributed by atoms with Gasteiger partial charge in [0.25, 0.3) is 0 Å². The van der Waals surface area contributed by atoms with Gasteiger partial charge in [-0.05, 0) is 37.8 Å². The van der Waals surface area contributed by atoms with Gasteiger partial charge in [-0.3, -0.25) is 9.59 Å². The summed E-state index contributed by atoms with van der Waals surface area (Å²) in [6.45, 7) is 0. The molecule has 0 saturated heterocycles. The third kappa shape index (κ3) is 3.72. The number of thiazole rings is 1. The molecule has 1 aromatic heterocycles.